The van der Waals surface area contributed by atoms with Crippen molar-refractivity contribution in [2.75, 3.05) is 38.4 Å². The summed E-state index contributed by atoms with van der Waals surface area (Å²) in [5.74, 6) is 0. The van der Waals surface area contributed by atoms with Crippen molar-refractivity contribution < 1.29 is 0 Å². The molecule has 0 aliphatic heterocycles. The number of rotatable bonds is 5. The summed E-state index contributed by atoms with van der Waals surface area (Å²) in [5.41, 5.74) is 5.96. The third-order valence-electron chi connectivity index (χ3n) is 4.64. The molecule has 0 bridgehead atoms. The highest BCUT2D eigenvalue weighted by atomic mass is 15.1. The van der Waals surface area contributed by atoms with Gasteiger partial charge in [0.05, 0.1) is 0 Å². The van der Waals surface area contributed by atoms with E-state index in [9.17, 15) is 0 Å². The van der Waals surface area contributed by atoms with Gasteiger partial charge in [-0.3, -0.25) is 0 Å². The van der Waals surface area contributed by atoms with E-state index in [1.807, 2.05) is 20.3 Å². The van der Waals surface area contributed by atoms with Crippen LogP contribution in [0.25, 0.3) is 11.8 Å². The highest BCUT2D eigenvalue weighted by molar-refractivity contribution is 5.80. The highest BCUT2D eigenvalue weighted by Crippen LogP contribution is 2.24. The fourth-order valence-electron chi connectivity index (χ4n) is 3.14. The van der Waals surface area contributed by atoms with Gasteiger partial charge in [-0.15, -0.1) is 0 Å². The Kier molecular flexibility index (Phi) is 5.82. The van der Waals surface area contributed by atoms with Crippen LogP contribution in [-0.4, -0.2) is 28.2 Å². The highest BCUT2D eigenvalue weighted by Gasteiger charge is 2.07. The maximum Gasteiger partial charge on any atom is 0.0361 e. The average molecular weight is 358 g/mol. The van der Waals surface area contributed by atoms with Crippen LogP contribution in [0.1, 0.15) is 11.1 Å². The second-order valence-corrected chi connectivity index (χ2v) is 6.70. The lowest BCUT2D eigenvalue weighted by atomic mass is 9.95. The van der Waals surface area contributed by atoms with Gasteiger partial charge in [0.2, 0.25) is 0 Å². The lowest BCUT2D eigenvalue weighted by molar-refractivity contribution is 1.13. The Morgan fingerprint density at radius 3 is 1.78 bits per heavy atom. The molecule has 0 saturated carbocycles. The van der Waals surface area contributed by atoms with Gasteiger partial charge in [-0.25, -0.2) is 0 Å². The van der Waals surface area contributed by atoms with Gasteiger partial charge >= 0.3 is 0 Å². The Bertz CT molecular complexity index is 977. The van der Waals surface area contributed by atoms with E-state index >= 15 is 0 Å². The molecule has 0 radical (unpaired) electrons. The molecule has 0 spiro atoms. The van der Waals surface area contributed by atoms with Crippen LogP contribution in [0.15, 0.2) is 72.8 Å². The van der Waals surface area contributed by atoms with Gasteiger partial charge in [-0.05, 0) is 51.4 Å². The Morgan fingerprint density at radius 2 is 1.30 bits per heavy atom. The van der Waals surface area contributed by atoms with Gasteiger partial charge in [0.1, 0.15) is 0 Å². The fourth-order valence-corrected chi connectivity index (χ4v) is 3.14. The van der Waals surface area contributed by atoms with E-state index in [2.05, 4.69) is 102 Å². The number of hydrogen-bond donors (Lipinski definition) is 2. The molecule has 0 amide bonds. The van der Waals surface area contributed by atoms with Crippen LogP contribution >= 0.6 is 0 Å². The molecule has 3 nitrogen and oxygen atoms in total. The summed E-state index contributed by atoms with van der Waals surface area (Å²) in [6, 6.07) is 26.0. The summed E-state index contributed by atoms with van der Waals surface area (Å²) < 4.78 is 0. The molecule has 3 rings (SSSR count). The topological polar surface area (TPSA) is 27.3 Å². The smallest absolute Gasteiger partial charge is 0.0361 e. The van der Waals surface area contributed by atoms with Gasteiger partial charge in [0.25, 0.3) is 0 Å². The third kappa shape index (κ3) is 4.32. The monoisotopic (exact) mass is 357 g/mol. The van der Waals surface area contributed by atoms with E-state index in [4.69, 9.17) is 0 Å². The minimum absolute atomic E-state index is 1.11. The standard InChI is InChI=1S/C24H27N3/c1-25-17-18-5-7-19(8-6-18)24(20-9-13-22(26-2)14-10-20)21-11-15-23(16-12-21)27(3)4/h5-17,25-26H,1-4H3. The van der Waals surface area contributed by atoms with Crippen molar-refractivity contribution in [1.29, 1.82) is 0 Å². The number of anilines is 2. The van der Waals surface area contributed by atoms with Gasteiger partial charge < -0.3 is 15.5 Å². The van der Waals surface area contributed by atoms with E-state index in [1.54, 1.807) is 0 Å². The van der Waals surface area contributed by atoms with E-state index in [1.165, 1.54) is 27.6 Å². The molecule has 2 N–H and O–H groups in total. The zero-order valence-corrected chi connectivity index (χ0v) is 16.5. The zero-order chi connectivity index (χ0) is 19.2. The first-order valence-corrected chi connectivity index (χ1v) is 9.16. The van der Waals surface area contributed by atoms with Crippen molar-refractivity contribution in [3.05, 3.63) is 94.4 Å². The summed E-state index contributed by atoms with van der Waals surface area (Å²) in [5, 5.41) is 8.64. The Hall–Kier alpha value is -3.20. The molecule has 0 heterocycles. The minimum atomic E-state index is 1.11. The van der Waals surface area contributed by atoms with Gasteiger partial charge in [0.15, 0.2) is 0 Å². The first-order chi connectivity index (χ1) is 13.1. The maximum atomic E-state index is 3.19. The summed E-state index contributed by atoms with van der Waals surface area (Å²) in [6.45, 7) is 0. The Balaban J connectivity index is 2.19. The first kappa shape index (κ1) is 18.6. The van der Waals surface area contributed by atoms with Crippen LogP contribution in [0.3, 0.4) is 0 Å². The molecule has 3 aromatic carbocycles. The van der Waals surface area contributed by atoms with Crippen LogP contribution in [0.4, 0.5) is 11.4 Å². The van der Waals surface area contributed by atoms with Gasteiger partial charge in [0, 0.05) is 45.8 Å². The second-order valence-electron chi connectivity index (χ2n) is 6.70. The summed E-state index contributed by atoms with van der Waals surface area (Å²) in [4.78, 5) is 2.12. The van der Waals surface area contributed by atoms with Gasteiger partial charge in [-0.1, -0.05) is 48.5 Å². The van der Waals surface area contributed by atoms with Crippen molar-refractivity contribution in [2.45, 2.75) is 0 Å². The SMILES string of the molecule is CNC=c1ccc(=C(c2ccc(NC)cc2)c2ccc(N(C)C)cc2)cc1. The van der Waals surface area contributed by atoms with Crippen LogP contribution < -0.4 is 26.0 Å². The van der Waals surface area contributed by atoms with Crippen LogP contribution in [-0.2, 0) is 0 Å². The predicted molar refractivity (Wildman–Crippen MR) is 118 cm³/mol. The van der Waals surface area contributed by atoms with Crippen LogP contribution in [0.2, 0.25) is 0 Å². The number of nitrogens with zero attached hydrogens (tertiary/aromatic N) is 1. The van der Waals surface area contributed by atoms with Crippen molar-refractivity contribution >= 4 is 23.1 Å². The van der Waals surface area contributed by atoms with Crippen LogP contribution in [0.5, 0.6) is 0 Å². The molecular formula is C24H27N3. The second kappa shape index (κ2) is 8.45. The minimum Gasteiger partial charge on any atom is -0.393 e. The van der Waals surface area contributed by atoms with Crippen LogP contribution in [0, 0.1) is 0 Å². The van der Waals surface area contributed by atoms with Crippen molar-refractivity contribution in [1.82, 2.24) is 5.32 Å². The lowest BCUT2D eigenvalue weighted by Crippen LogP contribution is -2.14. The van der Waals surface area contributed by atoms with Crippen molar-refractivity contribution in [3.8, 4) is 0 Å². The first-order valence-electron chi connectivity index (χ1n) is 9.16. The molecule has 3 heteroatoms. The van der Waals surface area contributed by atoms with E-state index in [0.29, 0.717) is 0 Å². The summed E-state index contributed by atoms with van der Waals surface area (Å²) in [6.07, 6.45) is 2.00. The van der Waals surface area contributed by atoms with E-state index in [0.717, 1.165) is 10.9 Å². The molecular weight excluding hydrogens is 330 g/mol. The fraction of sp³-hybridized carbons (Fsp3) is 0.167. The largest absolute Gasteiger partial charge is 0.393 e. The molecule has 0 aromatic heterocycles. The van der Waals surface area contributed by atoms with Gasteiger partial charge in [-0.2, -0.15) is 0 Å². The molecule has 0 fully saturated rings. The normalized spacial score (nSPS) is 10.2. The lowest BCUT2D eigenvalue weighted by Gasteiger charge is -2.15. The third-order valence-corrected chi connectivity index (χ3v) is 4.64. The molecule has 0 aliphatic carbocycles. The van der Waals surface area contributed by atoms with E-state index in [-0.39, 0.29) is 0 Å². The maximum absolute atomic E-state index is 3.19. The Morgan fingerprint density at radius 1 is 0.741 bits per heavy atom. The predicted octanol–water partition coefficient (Wildman–Crippen LogP) is 3.00. The molecule has 3 aromatic rings. The number of nitrogens with one attached hydrogen (secondary N) is 2. The summed E-state index contributed by atoms with van der Waals surface area (Å²) in [7, 11) is 7.98. The molecule has 27 heavy (non-hydrogen) atoms. The quantitative estimate of drug-likeness (QED) is 0.735. The molecule has 138 valence electrons. The average Bonchev–Trinajstić information content (AvgIpc) is 2.70. The number of benzene rings is 3. The van der Waals surface area contributed by atoms with Crippen molar-refractivity contribution in [2.24, 2.45) is 0 Å². The summed E-state index contributed by atoms with van der Waals surface area (Å²) >= 11 is 0. The zero-order valence-electron chi connectivity index (χ0n) is 16.5. The molecule has 0 saturated heterocycles. The Labute approximate surface area is 161 Å². The number of hydrogen-bond acceptors (Lipinski definition) is 3. The van der Waals surface area contributed by atoms with Crippen molar-refractivity contribution in [3.63, 3.8) is 0 Å². The van der Waals surface area contributed by atoms with E-state index < -0.39 is 0 Å². The molecule has 0 atom stereocenters. The molecule has 0 unspecified atom stereocenters. The molecule has 0 aliphatic rings.